The molecule has 4 rings (SSSR count). The third-order valence-electron chi connectivity index (χ3n) is 4.21. The van der Waals surface area contributed by atoms with E-state index in [9.17, 15) is 9.90 Å². The van der Waals surface area contributed by atoms with Crippen molar-refractivity contribution in [2.75, 3.05) is 0 Å². The Morgan fingerprint density at radius 3 is 2.50 bits per heavy atom. The third kappa shape index (κ3) is 1.56. The molecule has 1 N–H and O–H groups in total. The summed E-state index contributed by atoms with van der Waals surface area (Å²) >= 11 is 0. The highest BCUT2D eigenvalue weighted by atomic mass is 16.4. The predicted octanol–water partition coefficient (Wildman–Crippen LogP) is 1.62. The lowest BCUT2D eigenvalue weighted by molar-refractivity contribution is -0.141. The summed E-state index contributed by atoms with van der Waals surface area (Å²) in [5, 5.41) is 12.0. The van der Waals surface area contributed by atoms with Gasteiger partial charge >= 0.3 is 5.97 Å². The van der Waals surface area contributed by atoms with Gasteiger partial charge in [-0.05, 0) is 33.7 Å². The number of allylic oxidation sites excluding steroid dienone is 1. The van der Waals surface area contributed by atoms with E-state index in [1.54, 1.807) is 6.21 Å². The highest BCUT2D eigenvalue weighted by Gasteiger charge is 2.47. The molecule has 106 valence electrons. The number of aliphatic imine (C=N–C) groups is 1. The van der Waals surface area contributed by atoms with Crippen LogP contribution in [0, 0.1) is 0 Å². The van der Waals surface area contributed by atoms with Crippen LogP contribution in [0.4, 0.5) is 0 Å². The Bertz CT molecular complexity index is 954. The molecule has 0 fully saturated rings. The Hall–Kier alpha value is -2.94. The zero-order chi connectivity index (χ0) is 15.2. The molecule has 0 saturated heterocycles. The van der Waals surface area contributed by atoms with Crippen molar-refractivity contribution < 1.29 is 9.90 Å². The fourth-order valence-electron chi connectivity index (χ4n) is 3.26. The second-order valence-electron chi connectivity index (χ2n) is 5.39. The van der Waals surface area contributed by atoms with Crippen molar-refractivity contribution in [3.8, 4) is 0 Å². The van der Waals surface area contributed by atoms with E-state index in [4.69, 9.17) is 0 Å². The molecule has 0 spiro atoms. The molecular formula is C19H13NO2. The molecule has 0 bridgehead atoms. The molecule has 1 unspecified atom stereocenters. The first-order valence-corrected chi connectivity index (χ1v) is 7.10. The molecule has 1 aliphatic carbocycles. The summed E-state index contributed by atoms with van der Waals surface area (Å²) in [7, 11) is 0. The molecule has 1 aliphatic heterocycles. The van der Waals surface area contributed by atoms with Gasteiger partial charge in [0, 0.05) is 11.8 Å². The summed E-state index contributed by atoms with van der Waals surface area (Å²) in [5.41, 5.74) is 0.963. The van der Waals surface area contributed by atoms with Crippen molar-refractivity contribution in [1.29, 1.82) is 0 Å². The summed E-state index contributed by atoms with van der Waals surface area (Å²) in [6.45, 7) is 0. The second-order valence-corrected chi connectivity index (χ2v) is 5.39. The number of aliphatic carboxylic acids is 1. The molecule has 3 heteroatoms. The number of nitrogens with zero attached hydrogens (tertiary/aromatic N) is 1. The van der Waals surface area contributed by atoms with E-state index in [1.807, 2.05) is 66.7 Å². The van der Waals surface area contributed by atoms with Crippen LogP contribution < -0.4 is 10.4 Å². The molecule has 0 saturated carbocycles. The van der Waals surface area contributed by atoms with E-state index in [1.165, 1.54) is 0 Å². The lowest BCUT2D eigenvalue weighted by Crippen LogP contribution is -2.40. The van der Waals surface area contributed by atoms with Crippen LogP contribution in [0.3, 0.4) is 0 Å². The molecule has 0 amide bonds. The second kappa shape index (κ2) is 4.53. The fraction of sp³-hybridized carbons (Fsp3) is 0.0526. The number of hydrogen-bond acceptors (Lipinski definition) is 2. The van der Waals surface area contributed by atoms with E-state index in [0.717, 1.165) is 21.6 Å². The van der Waals surface area contributed by atoms with Gasteiger partial charge in [-0.15, -0.1) is 0 Å². The lowest BCUT2D eigenvalue weighted by atomic mass is 9.78. The number of carboxylic acid groups (broad SMARTS) is 1. The minimum absolute atomic E-state index is 0.671. The first kappa shape index (κ1) is 12.8. The van der Waals surface area contributed by atoms with E-state index in [0.29, 0.717) is 5.56 Å². The van der Waals surface area contributed by atoms with Gasteiger partial charge in [0.15, 0.2) is 0 Å². The molecule has 2 aliphatic rings. The maximum atomic E-state index is 12.3. The van der Waals surface area contributed by atoms with E-state index >= 15 is 0 Å². The molecule has 2 aromatic carbocycles. The molecule has 0 aromatic heterocycles. The van der Waals surface area contributed by atoms with Gasteiger partial charge in [-0.25, -0.2) is 4.79 Å². The number of dihydropyridines is 1. The van der Waals surface area contributed by atoms with Gasteiger partial charge in [0.2, 0.25) is 5.54 Å². The zero-order valence-corrected chi connectivity index (χ0v) is 11.7. The SMILES string of the molecule is O=C(O)C1(c2ccccc2)N=CC=C2C=c3ccccc3=C21. The Labute approximate surface area is 127 Å². The highest BCUT2D eigenvalue weighted by molar-refractivity contribution is 6.07. The third-order valence-corrected chi connectivity index (χ3v) is 4.21. The van der Waals surface area contributed by atoms with Crippen LogP contribution >= 0.6 is 0 Å². The smallest absolute Gasteiger partial charge is 0.340 e. The maximum Gasteiger partial charge on any atom is 0.340 e. The quantitative estimate of drug-likeness (QED) is 0.912. The summed E-state index contributed by atoms with van der Waals surface area (Å²) < 4.78 is 0. The summed E-state index contributed by atoms with van der Waals surface area (Å²) in [4.78, 5) is 16.7. The minimum atomic E-state index is -1.38. The van der Waals surface area contributed by atoms with Crippen molar-refractivity contribution in [3.05, 3.63) is 82.2 Å². The van der Waals surface area contributed by atoms with Crippen molar-refractivity contribution in [2.45, 2.75) is 5.54 Å². The van der Waals surface area contributed by atoms with Gasteiger partial charge < -0.3 is 5.11 Å². The van der Waals surface area contributed by atoms with E-state index < -0.39 is 11.5 Å². The van der Waals surface area contributed by atoms with E-state index in [2.05, 4.69) is 4.99 Å². The Morgan fingerprint density at radius 2 is 1.73 bits per heavy atom. The number of hydrogen-bond donors (Lipinski definition) is 1. The lowest BCUT2D eigenvalue weighted by Gasteiger charge is -2.30. The predicted molar refractivity (Wildman–Crippen MR) is 85.9 cm³/mol. The zero-order valence-electron chi connectivity index (χ0n) is 11.7. The molecule has 3 nitrogen and oxygen atoms in total. The average Bonchev–Trinajstić information content (AvgIpc) is 2.94. The largest absolute Gasteiger partial charge is 0.479 e. The summed E-state index contributed by atoms with van der Waals surface area (Å²) in [6, 6.07) is 17.1. The molecule has 2 aromatic rings. The molecule has 1 atom stereocenters. The number of benzene rings is 2. The summed E-state index contributed by atoms with van der Waals surface area (Å²) in [6.07, 6.45) is 5.50. The van der Waals surface area contributed by atoms with Crippen LogP contribution in [0.5, 0.6) is 0 Å². The van der Waals surface area contributed by atoms with Gasteiger partial charge in [-0.2, -0.15) is 0 Å². The topological polar surface area (TPSA) is 49.7 Å². The van der Waals surface area contributed by atoms with Crippen LogP contribution in [-0.4, -0.2) is 17.3 Å². The van der Waals surface area contributed by atoms with Crippen molar-refractivity contribution >= 4 is 23.8 Å². The van der Waals surface area contributed by atoms with Gasteiger partial charge in [-0.3, -0.25) is 4.99 Å². The average molecular weight is 287 g/mol. The normalized spacial score (nSPS) is 21.6. The van der Waals surface area contributed by atoms with Crippen molar-refractivity contribution in [2.24, 2.45) is 4.99 Å². The monoisotopic (exact) mass is 287 g/mol. The highest BCUT2D eigenvalue weighted by Crippen LogP contribution is 2.41. The summed E-state index contributed by atoms with van der Waals surface area (Å²) in [5.74, 6) is -0.958. The van der Waals surface area contributed by atoms with Crippen LogP contribution in [0.1, 0.15) is 5.56 Å². The standard InChI is InChI=1S/C19H13NO2/c21-18(22)19(15-7-2-1-3-8-15)17-14(10-11-20-19)12-13-6-4-5-9-16(13)17/h1-12H,(H,21,22). The Kier molecular flexibility index (Phi) is 2.63. The number of fused-ring (bicyclic) bond motifs is 2. The Balaban J connectivity index is 2.15. The van der Waals surface area contributed by atoms with E-state index in [-0.39, 0.29) is 0 Å². The minimum Gasteiger partial charge on any atom is -0.479 e. The van der Waals surface area contributed by atoms with Crippen LogP contribution in [0.25, 0.3) is 11.6 Å². The van der Waals surface area contributed by atoms with Gasteiger partial charge in [0.1, 0.15) is 0 Å². The molecule has 0 radical (unpaired) electrons. The first-order valence-electron chi connectivity index (χ1n) is 7.10. The number of carbonyl (C=O) groups is 1. The molecule has 22 heavy (non-hydrogen) atoms. The van der Waals surface area contributed by atoms with Gasteiger partial charge in [-0.1, -0.05) is 54.6 Å². The fourth-order valence-corrected chi connectivity index (χ4v) is 3.26. The number of rotatable bonds is 2. The molecular weight excluding hydrogens is 274 g/mol. The maximum absolute atomic E-state index is 12.3. The van der Waals surface area contributed by atoms with Crippen LogP contribution in [-0.2, 0) is 10.3 Å². The van der Waals surface area contributed by atoms with Gasteiger partial charge in [0.25, 0.3) is 0 Å². The van der Waals surface area contributed by atoms with Gasteiger partial charge in [0.05, 0.1) is 0 Å². The molecule has 1 heterocycles. The Morgan fingerprint density at radius 1 is 1.00 bits per heavy atom. The van der Waals surface area contributed by atoms with Crippen LogP contribution in [0.2, 0.25) is 0 Å². The first-order chi connectivity index (χ1) is 10.7. The van der Waals surface area contributed by atoms with Crippen LogP contribution in [0.15, 0.2) is 71.2 Å². The van der Waals surface area contributed by atoms with Crippen molar-refractivity contribution in [3.63, 3.8) is 0 Å². The number of carboxylic acids is 1. The van der Waals surface area contributed by atoms with Crippen molar-refractivity contribution in [1.82, 2.24) is 0 Å².